The Labute approximate surface area is 105 Å². The first-order chi connectivity index (χ1) is 8.54. The molecule has 1 heterocycles. The van der Waals surface area contributed by atoms with Gasteiger partial charge in [-0.05, 0) is 31.5 Å². The van der Waals surface area contributed by atoms with Crippen molar-refractivity contribution < 1.29 is 19.4 Å². The van der Waals surface area contributed by atoms with Crippen LogP contribution < -0.4 is 9.64 Å². The molecule has 5 heteroatoms. The van der Waals surface area contributed by atoms with Gasteiger partial charge in [0.1, 0.15) is 5.75 Å². The topological polar surface area (TPSA) is 66.8 Å². The molecule has 1 atom stereocenters. The first-order valence-electron chi connectivity index (χ1n) is 5.73. The Bertz CT molecular complexity index is 498. The van der Waals surface area contributed by atoms with Crippen molar-refractivity contribution in [3.05, 3.63) is 23.8 Å². The van der Waals surface area contributed by atoms with Crippen molar-refractivity contribution in [2.45, 2.75) is 26.5 Å². The van der Waals surface area contributed by atoms with Crippen LogP contribution in [0.1, 0.15) is 19.4 Å². The highest BCUT2D eigenvalue weighted by molar-refractivity contribution is 6.03. The fourth-order valence-electron chi connectivity index (χ4n) is 1.92. The van der Waals surface area contributed by atoms with Gasteiger partial charge >= 0.3 is 0 Å². The van der Waals surface area contributed by atoms with Gasteiger partial charge in [-0.15, -0.1) is 0 Å². The Kier molecular flexibility index (Phi) is 3.34. The number of ether oxygens (including phenoxy) is 1. The number of aliphatic hydroxyl groups excluding tert-OH is 1. The molecular weight excluding hydrogens is 234 g/mol. The van der Waals surface area contributed by atoms with Gasteiger partial charge in [-0.1, -0.05) is 6.07 Å². The summed E-state index contributed by atoms with van der Waals surface area (Å²) in [5, 5.41) is 9.13. The molecule has 1 aromatic rings. The number of amides is 1. The van der Waals surface area contributed by atoms with Crippen LogP contribution in [0.2, 0.25) is 0 Å². The molecule has 0 aromatic heterocycles. The van der Waals surface area contributed by atoms with Gasteiger partial charge in [-0.25, -0.2) is 0 Å². The number of nitrogens with zero attached hydrogens (tertiary/aromatic N) is 1. The molecule has 0 radical (unpaired) electrons. The van der Waals surface area contributed by atoms with E-state index in [1.54, 1.807) is 25.1 Å². The summed E-state index contributed by atoms with van der Waals surface area (Å²) < 4.78 is 5.31. The van der Waals surface area contributed by atoms with Crippen molar-refractivity contribution in [3.8, 4) is 5.75 Å². The SMILES string of the molecule is CC(=O)C(C)N1C(=O)COc2ccc(CO)cc21. The molecule has 0 aliphatic carbocycles. The Morgan fingerprint density at radius 3 is 2.89 bits per heavy atom. The highest BCUT2D eigenvalue weighted by Gasteiger charge is 2.31. The molecule has 18 heavy (non-hydrogen) atoms. The second-order valence-electron chi connectivity index (χ2n) is 4.30. The lowest BCUT2D eigenvalue weighted by atomic mass is 10.1. The van der Waals surface area contributed by atoms with Crippen molar-refractivity contribution >= 4 is 17.4 Å². The third-order valence-corrected chi connectivity index (χ3v) is 3.06. The highest BCUT2D eigenvalue weighted by Crippen LogP contribution is 2.34. The largest absolute Gasteiger partial charge is 0.482 e. The van der Waals surface area contributed by atoms with E-state index < -0.39 is 6.04 Å². The number of carbonyl (C=O) groups is 2. The van der Waals surface area contributed by atoms with E-state index >= 15 is 0 Å². The fourth-order valence-corrected chi connectivity index (χ4v) is 1.92. The molecule has 5 nitrogen and oxygen atoms in total. The number of Topliss-reactive ketones (excluding diaryl/α,β-unsaturated/α-hetero) is 1. The van der Waals surface area contributed by atoms with Crippen LogP contribution in [0.4, 0.5) is 5.69 Å². The Morgan fingerprint density at radius 1 is 1.56 bits per heavy atom. The summed E-state index contributed by atoms with van der Waals surface area (Å²) in [6.07, 6.45) is 0. The normalized spacial score (nSPS) is 15.9. The van der Waals surface area contributed by atoms with Crippen LogP contribution in [-0.4, -0.2) is 29.4 Å². The van der Waals surface area contributed by atoms with E-state index in [0.717, 1.165) is 0 Å². The summed E-state index contributed by atoms with van der Waals surface area (Å²) in [7, 11) is 0. The van der Waals surface area contributed by atoms with Gasteiger partial charge in [-0.2, -0.15) is 0 Å². The molecule has 0 bridgehead atoms. The van der Waals surface area contributed by atoms with Gasteiger partial charge in [0.15, 0.2) is 12.4 Å². The number of rotatable bonds is 3. The van der Waals surface area contributed by atoms with Crippen LogP contribution in [0.5, 0.6) is 5.75 Å². The van der Waals surface area contributed by atoms with Crippen LogP contribution in [0.25, 0.3) is 0 Å². The molecule has 1 aliphatic heterocycles. The molecule has 1 unspecified atom stereocenters. The number of anilines is 1. The average molecular weight is 249 g/mol. The number of fused-ring (bicyclic) bond motifs is 1. The summed E-state index contributed by atoms with van der Waals surface area (Å²) in [4.78, 5) is 24.8. The van der Waals surface area contributed by atoms with Gasteiger partial charge in [0, 0.05) is 0 Å². The maximum absolute atomic E-state index is 11.9. The smallest absolute Gasteiger partial charge is 0.265 e. The summed E-state index contributed by atoms with van der Waals surface area (Å²) in [6, 6.07) is 4.57. The zero-order valence-electron chi connectivity index (χ0n) is 10.3. The summed E-state index contributed by atoms with van der Waals surface area (Å²) >= 11 is 0. The first-order valence-corrected chi connectivity index (χ1v) is 5.73. The lowest BCUT2D eigenvalue weighted by Crippen LogP contribution is -2.47. The second-order valence-corrected chi connectivity index (χ2v) is 4.30. The van der Waals surface area contributed by atoms with Crippen molar-refractivity contribution in [1.82, 2.24) is 0 Å². The number of aliphatic hydroxyl groups is 1. The standard InChI is InChI=1S/C13H15NO4/c1-8(9(2)16)14-11-5-10(6-15)3-4-12(11)18-7-13(14)17/h3-5,8,15H,6-7H2,1-2H3. The van der Waals surface area contributed by atoms with Gasteiger partial charge in [-0.3, -0.25) is 14.5 Å². The Morgan fingerprint density at radius 2 is 2.28 bits per heavy atom. The fraction of sp³-hybridized carbons (Fsp3) is 0.385. The highest BCUT2D eigenvalue weighted by atomic mass is 16.5. The molecule has 0 spiro atoms. The molecule has 0 saturated carbocycles. The molecule has 96 valence electrons. The average Bonchev–Trinajstić information content (AvgIpc) is 2.37. The molecule has 0 saturated heterocycles. The summed E-state index contributed by atoms with van der Waals surface area (Å²) in [6.45, 7) is 2.94. The number of carbonyl (C=O) groups excluding carboxylic acids is 2. The zero-order chi connectivity index (χ0) is 13.3. The minimum Gasteiger partial charge on any atom is -0.482 e. The van der Waals surface area contributed by atoms with Crippen LogP contribution in [0, 0.1) is 0 Å². The molecule has 1 aromatic carbocycles. The van der Waals surface area contributed by atoms with Gasteiger partial charge in [0.2, 0.25) is 0 Å². The molecule has 1 amide bonds. The van der Waals surface area contributed by atoms with Gasteiger partial charge in [0.05, 0.1) is 18.3 Å². The summed E-state index contributed by atoms with van der Waals surface area (Å²) in [5.74, 6) is 0.214. The first kappa shape index (κ1) is 12.6. The summed E-state index contributed by atoms with van der Waals surface area (Å²) in [5.41, 5.74) is 1.22. The quantitative estimate of drug-likeness (QED) is 0.863. The third kappa shape index (κ3) is 2.09. The van der Waals surface area contributed by atoms with E-state index in [1.807, 2.05) is 0 Å². The monoisotopic (exact) mass is 249 g/mol. The Balaban J connectivity index is 2.48. The van der Waals surface area contributed by atoms with E-state index in [-0.39, 0.29) is 24.9 Å². The molecule has 0 fully saturated rings. The number of hydrogen-bond donors (Lipinski definition) is 1. The second kappa shape index (κ2) is 4.78. The van der Waals surface area contributed by atoms with Crippen LogP contribution >= 0.6 is 0 Å². The van der Waals surface area contributed by atoms with E-state index in [0.29, 0.717) is 17.0 Å². The third-order valence-electron chi connectivity index (χ3n) is 3.06. The van der Waals surface area contributed by atoms with Crippen LogP contribution in [0.15, 0.2) is 18.2 Å². The van der Waals surface area contributed by atoms with E-state index in [2.05, 4.69) is 0 Å². The number of hydrogen-bond acceptors (Lipinski definition) is 4. The van der Waals surface area contributed by atoms with Gasteiger partial charge in [0.25, 0.3) is 5.91 Å². The van der Waals surface area contributed by atoms with Crippen molar-refractivity contribution in [1.29, 1.82) is 0 Å². The molecule has 1 aliphatic rings. The van der Waals surface area contributed by atoms with Crippen LogP contribution in [0.3, 0.4) is 0 Å². The van der Waals surface area contributed by atoms with E-state index in [1.165, 1.54) is 11.8 Å². The number of ketones is 1. The number of benzene rings is 1. The lowest BCUT2D eigenvalue weighted by molar-refractivity contribution is -0.125. The van der Waals surface area contributed by atoms with Gasteiger partial charge < -0.3 is 9.84 Å². The van der Waals surface area contributed by atoms with Crippen molar-refractivity contribution in [2.24, 2.45) is 0 Å². The predicted octanol–water partition coefficient (Wildman–Crippen LogP) is 0.882. The molecular formula is C13H15NO4. The maximum atomic E-state index is 11.9. The minimum absolute atomic E-state index is 0.0664. The van der Waals surface area contributed by atoms with Crippen molar-refractivity contribution in [2.75, 3.05) is 11.5 Å². The Hall–Kier alpha value is -1.88. The van der Waals surface area contributed by atoms with E-state index in [9.17, 15) is 9.59 Å². The zero-order valence-corrected chi connectivity index (χ0v) is 10.3. The van der Waals surface area contributed by atoms with Crippen LogP contribution in [-0.2, 0) is 16.2 Å². The van der Waals surface area contributed by atoms with Crippen molar-refractivity contribution in [3.63, 3.8) is 0 Å². The predicted molar refractivity (Wildman–Crippen MR) is 65.5 cm³/mol. The minimum atomic E-state index is -0.533. The lowest BCUT2D eigenvalue weighted by Gasteiger charge is -2.33. The maximum Gasteiger partial charge on any atom is 0.265 e. The molecule has 2 rings (SSSR count). The van der Waals surface area contributed by atoms with E-state index in [4.69, 9.17) is 9.84 Å². The molecule has 1 N–H and O–H groups in total.